The Labute approximate surface area is 158 Å². The summed E-state index contributed by atoms with van der Waals surface area (Å²) in [4.78, 5) is 17.5. The molecule has 0 saturated heterocycles. The van der Waals surface area contributed by atoms with Gasteiger partial charge in [0.2, 0.25) is 5.91 Å². The Kier molecular flexibility index (Phi) is 4.45. The van der Waals surface area contributed by atoms with Crippen LogP contribution in [0.1, 0.15) is 30.7 Å². The van der Waals surface area contributed by atoms with Crippen LogP contribution in [0.15, 0.2) is 48.5 Å². The number of fused-ring (bicyclic) bond motifs is 1. The molecule has 4 rings (SSSR count). The fraction of sp³-hybridized carbons (Fsp3) is 0.333. The summed E-state index contributed by atoms with van der Waals surface area (Å²) in [7, 11) is 0. The largest absolute Gasteiger partial charge is 0.354 e. The number of aromatic nitrogens is 2. The van der Waals surface area contributed by atoms with Crippen molar-refractivity contribution in [3.05, 3.63) is 64.9 Å². The van der Waals surface area contributed by atoms with Crippen molar-refractivity contribution < 1.29 is 4.79 Å². The topological polar surface area (TPSA) is 46.9 Å². The zero-order valence-corrected chi connectivity index (χ0v) is 15.6. The number of aryl methyl sites for hydroxylation is 1. The van der Waals surface area contributed by atoms with Gasteiger partial charge in [0.1, 0.15) is 5.82 Å². The van der Waals surface area contributed by atoms with Crippen LogP contribution in [0, 0.1) is 6.92 Å². The summed E-state index contributed by atoms with van der Waals surface area (Å²) >= 11 is 6.00. The van der Waals surface area contributed by atoms with E-state index in [9.17, 15) is 4.79 Å². The van der Waals surface area contributed by atoms with Crippen LogP contribution in [0.25, 0.3) is 11.0 Å². The Hall–Kier alpha value is -2.33. The molecular weight excluding hydrogens is 346 g/mol. The molecule has 0 aliphatic heterocycles. The van der Waals surface area contributed by atoms with E-state index in [-0.39, 0.29) is 5.91 Å². The van der Waals surface area contributed by atoms with Crippen LogP contribution >= 0.6 is 11.6 Å². The lowest BCUT2D eigenvalue weighted by atomic mass is 9.64. The number of halogens is 1. The molecule has 0 atom stereocenters. The highest BCUT2D eigenvalue weighted by molar-refractivity contribution is 6.30. The van der Waals surface area contributed by atoms with Crippen molar-refractivity contribution in [1.82, 2.24) is 14.9 Å². The van der Waals surface area contributed by atoms with E-state index < -0.39 is 5.41 Å². The number of carbonyl (C=O) groups is 1. The predicted molar refractivity (Wildman–Crippen MR) is 104 cm³/mol. The van der Waals surface area contributed by atoms with Gasteiger partial charge in [-0.15, -0.1) is 0 Å². The van der Waals surface area contributed by atoms with Crippen LogP contribution in [0.4, 0.5) is 0 Å². The van der Waals surface area contributed by atoms with Crippen molar-refractivity contribution in [1.29, 1.82) is 0 Å². The van der Waals surface area contributed by atoms with Crippen LogP contribution < -0.4 is 5.32 Å². The Bertz CT molecular complexity index is 942. The maximum absolute atomic E-state index is 12.9. The Balaban J connectivity index is 1.46. The summed E-state index contributed by atoms with van der Waals surface area (Å²) < 4.78 is 2.16. The van der Waals surface area contributed by atoms with Crippen molar-refractivity contribution in [2.24, 2.45) is 0 Å². The molecule has 1 heterocycles. The summed E-state index contributed by atoms with van der Waals surface area (Å²) in [6.07, 6.45) is 2.88. The van der Waals surface area contributed by atoms with Gasteiger partial charge in [0.25, 0.3) is 0 Å². The smallest absolute Gasteiger partial charge is 0.230 e. The summed E-state index contributed by atoms with van der Waals surface area (Å²) in [6, 6.07) is 15.8. The zero-order valence-electron chi connectivity index (χ0n) is 14.8. The molecule has 3 aromatic rings. The van der Waals surface area contributed by atoms with E-state index in [0.29, 0.717) is 11.6 Å². The fourth-order valence-electron chi connectivity index (χ4n) is 3.87. The fourth-order valence-corrected chi connectivity index (χ4v) is 4.00. The summed E-state index contributed by atoms with van der Waals surface area (Å²) in [5.74, 6) is 1.09. The summed E-state index contributed by atoms with van der Waals surface area (Å²) in [5.41, 5.74) is 2.77. The second-order valence-corrected chi connectivity index (χ2v) is 7.43. The van der Waals surface area contributed by atoms with Crippen LogP contribution in [0.3, 0.4) is 0 Å². The molecule has 0 bridgehead atoms. The molecule has 1 aliphatic carbocycles. The second-order valence-electron chi connectivity index (χ2n) is 7.00. The van der Waals surface area contributed by atoms with E-state index in [2.05, 4.69) is 20.9 Å². The van der Waals surface area contributed by atoms with Crippen LogP contribution in [0.2, 0.25) is 5.02 Å². The molecule has 4 nitrogen and oxygen atoms in total. The number of nitrogens with one attached hydrogen (secondary N) is 1. The molecule has 2 aromatic carbocycles. The molecule has 134 valence electrons. The molecule has 1 amide bonds. The molecule has 0 unspecified atom stereocenters. The van der Waals surface area contributed by atoms with Gasteiger partial charge in [0, 0.05) is 18.1 Å². The van der Waals surface area contributed by atoms with Crippen LogP contribution in [-0.2, 0) is 16.8 Å². The molecular formula is C21H22ClN3O. The Morgan fingerprint density at radius 1 is 1.19 bits per heavy atom. The maximum atomic E-state index is 12.9. The lowest BCUT2D eigenvalue weighted by molar-refractivity contribution is -0.129. The van der Waals surface area contributed by atoms with E-state index in [1.54, 1.807) is 0 Å². The minimum absolute atomic E-state index is 0.119. The van der Waals surface area contributed by atoms with Crippen LogP contribution in [0.5, 0.6) is 0 Å². The normalized spacial score (nSPS) is 15.6. The first-order valence-electron chi connectivity index (χ1n) is 9.06. The molecule has 1 aliphatic rings. The number of carbonyl (C=O) groups excluding carboxylic acids is 1. The summed E-state index contributed by atoms with van der Waals surface area (Å²) in [6.45, 7) is 3.31. The lowest BCUT2D eigenvalue weighted by Crippen LogP contribution is -2.49. The van der Waals surface area contributed by atoms with Crippen molar-refractivity contribution in [3.8, 4) is 0 Å². The van der Waals surface area contributed by atoms with Gasteiger partial charge in [-0.2, -0.15) is 0 Å². The second kappa shape index (κ2) is 6.76. The maximum Gasteiger partial charge on any atom is 0.230 e. The quantitative estimate of drug-likeness (QED) is 0.733. The lowest BCUT2D eigenvalue weighted by Gasteiger charge is -2.40. The highest BCUT2D eigenvalue weighted by atomic mass is 35.5. The molecule has 5 heteroatoms. The number of hydrogen-bond acceptors (Lipinski definition) is 2. The van der Waals surface area contributed by atoms with E-state index in [4.69, 9.17) is 11.6 Å². The highest BCUT2D eigenvalue weighted by Gasteiger charge is 2.45. The van der Waals surface area contributed by atoms with Gasteiger partial charge in [0.05, 0.1) is 16.4 Å². The zero-order chi connectivity index (χ0) is 18.1. The van der Waals surface area contributed by atoms with E-state index in [1.165, 1.54) is 0 Å². The minimum atomic E-state index is -0.392. The first-order chi connectivity index (χ1) is 12.6. The first kappa shape index (κ1) is 17.1. The third-order valence-corrected chi connectivity index (χ3v) is 5.76. The number of amides is 1. The predicted octanol–water partition coefficient (Wildman–Crippen LogP) is 4.24. The number of nitrogens with zero attached hydrogens (tertiary/aromatic N) is 2. The molecule has 0 spiro atoms. The SMILES string of the molecule is Cc1nc2ccccc2n1CCNC(=O)C1(c2ccc(Cl)cc2)CCC1. The van der Waals surface area contributed by atoms with Gasteiger partial charge in [-0.25, -0.2) is 4.98 Å². The van der Waals surface area contributed by atoms with Crippen molar-refractivity contribution in [3.63, 3.8) is 0 Å². The van der Waals surface area contributed by atoms with E-state index in [0.717, 1.165) is 48.2 Å². The number of imidazole rings is 1. The van der Waals surface area contributed by atoms with E-state index >= 15 is 0 Å². The van der Waals surface area contributed by atoms with Gasteiger partial charge >= 0.3 is 0 Å². The monoisotopic (exact) mass is 367 g/mol. The van der Waals surface area contributed by atoms with Gasteiger partial charge in [-0.1, -0.05) is 42.3 Å². The molecule has 1 aromatic heterocycles. The van der Waals surface area contributed by atoms with Gasteiger partial charge in [-0.3, -0.25) is 4.79 Å². The number of benzene rings is 2. The van der Waals surface area contributed by atoms with Crippen molar-refractivity contribution >= 4 is 28.5 Å². The Morgan fingerprint density at radius 3 is 2.62 bits per heavy atom. The van der Waals surface area contributed by atoms with Crippen LogP contribution in [-0.4, -0.2) is 22.0 Å². The van der Waals surface area contributed by atoms with Gasteiger partial charge in [-0.05, 0) is 49.6 Å². The van der Waals surface area contributed by atoms with Crippen molar-refractivity contribution in [2.45, 2.75) is 38.1 Å². The van der Waals surface area contributed by atoms with Crippen molar-refractivity contribution in [2.75, 3.05) is 6.54 Å². The molecule has 0 radical (unpaired) electrons. The first-order valence-corrected chi connectivity index (χ1v) is 9.44. The third-order valence-electron chi connectivity index (χ3n) is 5.50. The third kappa shape index (κ3) is 2.88. The van der Waals surface area contributed by atoms with Gasteiger partial charge in [0.15, 0.2) is 0 Å². The highest BCUT2D eigenvalue weighted by Crippen LogP contribution is 2.44. The van der Waals surface area contributed by atoms with E-state index in [1.807, 2.05) is 49.4 Å². The Morgan fingerprint density at radius 2 is 1.92 bits per heavy atom. The van der Waals surface area contributed by atoms with Gasteiger partial charge < -0.3 is 9.88 Å². The average Bonchev–Trinajstić information content (AvgIpc) is 2.91. The number of hydrogen-bond donors (Lipinski definition) is 1. The molecule has 1 fully saturated rings. The minimum Gasteiger partial charge on any atom is -0.354 e. The molecule has 1 saturated carbocycles. The standard InChI is InChI=1S/C21H22ClN3O/c1-15-24-18-5-2-3-6-19(18)25(15)14-13-23-20(26)21(11-4-12-21)16-7-9-17(22)10-8-16/h2-3,5-10H,4,11-14H2,1H3,(H,23,26). The molecule has 26 heavy (non-hydrogen) atoms. The molecule has 1 N–H and O–H groups in total. The average molecular weight is 368 g/mol. The number of para-hydroxylation sites is 2. The number of rotatable bonds is 5. The summed E-state index contributed by atoms with van der Waals surface area (Å²) in [5, 5.41) is 3.85.